The molecular weight excluding hydrogens is 294 g/mol. The Balaban J connectivity index is 1.99. The van der Waals surface area contributed by atoms with Crippen LogP contribution in [0, 0.1) is 18.3 Å². The first-order chi connectivity index (χ1) is 9.58. The highest BCUT2D eigenvalue weighted by Crippen LogP contribution is 2.28. The van der Waals surface area contributed by atoms with Crippen LogP contribution in [0.1, 0.15) is 28.6 Å². The molecule has 1 atom stereocenters. The van der Waals surface area contributed by atoms with E-state index in [4.69, 9.17) is 16.9 Å². The van der Waals surface area contributed by atoms with Crippen molar-refractivity contribution >= 4 is 28.8 Å². The highest BCUT2D eigenvalue weighted by atomic mass is 35.5. The fraction of sp³-hybridized carbons (Fsp3) is 0.571. The maximum atomic E-state index is 12.4. The zero-order valence-corrected chi connectivity index (χ0v) is 13.3. The third-order valence-corrected chi connectivity index (χ3v) is 5.36. The number of thiophene rings is 1. The quantitative estimate of drug-likeness (QED) is 0.862. The van der Waals surface area contributed by atoms with E-state index in [1.54, 1.807) is 0 Å². The van der Waals surface area contributed by atoms with E-state index in [-0.39, 0.29) is 11.9 Å². The largest absolute Gasteiger partial charge is 0.335 e. The molecular formula is C14H18ClN3OS. The maximum absolute atomic E-state index is 12.4. The summed E-state index contributed by atoms with van der Waals surface area (Å²) in [5, 5.41) is 11.6. The molecule has 2 heterocycles. The van der Waals surface area contributed by atoms with Gasteiger partial charge in [0.1, 0.15) is 4.88 Å². The van der Waals surface area contributed by atoms with E-state index in [0.29, 0.717) is 23.0 Å². The Hall–Kier alpha value is -1.09. The minimum absolute atomic E-state index is 0.0118. The average molecular weight is 312 g/mol. The monoisotopic (exact) mass is 311 g/mol. The van der Waals surface area contributed by atoms with Gasteiger partial charge in [-0.25, -0.2) is 0 Å². The van der Waals surface area contributed by atoms with E-state index < -0.39 is 0 Å². The van der Waals surface area contributed by atoms with Crippen LogP contribution in [0.15, 0.2) is 5.38 Å². The number of hydrogen-bond acceptors (Lipinski definition) is 4. The number of halogens is 1. The smallest absolute Gasteiger partial charge is 0.265 e. The van der Waals surface area contributed by atoms with Gasteiger partial charge in [-0.1, -0.05) is 18.5 Å². The van der Waals surface area contributed by atoms with Crippen molar-refractivity contribution in [2.45, 2.75) is 26.3 Å². The summed E-state index contributed by atoms with van der Waals surface area (Å²) in [6.45, 7) is 6.74. The van der Waals surface area contributed by atoms with Gasteiger partial charge >= 0.3 is 0 Å². The Labute approximate surface area is 128 Å². The molecule has 2 rings (SSSR count). The van der Waals surface area contributed by atoms with Gasteiger partial charge in [-0.05, 0) is 24.3 Å². The summed E-state index contributed by atoms with van der Waals surface area (Å²) in [7, 11) is 0. The first kappa shape index (κ1) is 15.3. The Kier molecular flexibility index (Phi) is 5.03. The van der Waals surface area contributed by atoms with E-state index in [2.05, 4.69) is 11.0 Å². The van der Waals surface area contributed by atoms with Gasteiger partial charge in [-0.3, -0.25) is 9.69 Å². The number of hydrogen-bond donors (Lipinski definition) is 0. The van der Waals surface area contributed by atoms with Crippen molar-refractivity contribution < 1.29 is 4.79 Å². The second-order valence-corrected chi connectivity index (χ2v) is 6.20. The summed E-state index contributed by atoms with van der Waals surface area (Å²) in [5.41, 5.74) is 0.953. The Morgan fingerprint density at radius 2 is 2.15 bits per heavy atom. The van der Waals surface area contributed by atoms with Crippen LogP contribution in [0.2, 0.25) is 5.02 Å². The normalized spacial score (nSPS) is 17.8. The van der Waals surface area contributed by atoms with Gasteiger partial charge < -0.3 is 4.90 Å². The van der Waals surface area contributed by atoms with E-state index in [1.165, 1.54) is 11.3 Å². The molecule has 108 valence electrons. The average Bonchev–Trinajstić information content (AvgIpc) is 2.80. The van der Waals surface area contributed by atoms with Crippen molar-refractivity contribution in [3.63, 3.8) is 0 Å². The first-order valence-electron chi connectivity index (χ1n) is 6.75. The van der Waals surface area contributed by atoms with E-state index in [9.17, 15) is 4.79 Å². The van der Waals surface area contributed by atoms with E-state index in [0.717, 1.165) is 25.1 Å². The molecule has 1 aromatic rings. The molecule has 4 nitrogen and oxygen atoms in total. The molecule has 0 saturated carbocycles. The van der Waals surface area contributed by atoms with Crippen molar-refractivity contribution in [1.82, 2.24) is 9.80 Å². The second-order valence-electron chi connectivity index (χ2n) is 4.94. The molecule has 0 aromatic carbocycles. The number of carbonyl (C=O) groups excluding carboxylic acids is 1. The second kappa shape index (κ2) is 6.57. The summed E-state index contributed by atoms with van der Waals surface area (Å²) >= 11 is 7.56. The predicted molar refractivity (Wildman–Crippen MR) is 81.2 cm³/mol. The molecule has 20 heavy (non-hydrogen) atoms. The predicted octanol–water partition coefficient (Wildman–Crippen LogP) is 2.77. The van der Waals surface area contributed by atoms with Gasteiger partial charge in [0.15, 0.2) is 0 Å². The minimum Gasteiger partial charge on any atom is -0.335 e. The lowest BCUT2D eigenvalue weighted by molar-refractivity contribution is 0.0609. The zero-order valence-electron chi connectivity index (χ0n) is 11.7. The van der Waals surface area contributed by atoms with Crippen molar-refractivity contribution in [2.24, 2.45) is 0 Å². The lowest BCUT2D eigenvalue weighted by Crippen LogP contribution is -2.51. The van der Waals surface area contributed by atoms with Crippen LogP contribution in [0.3, 0.4) is 0 Å². The minimum atomic E-state index is -0.0418. The van der Waals surface area contributed by atoms with Crippen LogP contribution >= 0.6 is 22.9 Å². The van der Waals surface area contributed by atoms with E-state index >= 15 is 0 Å². The molecule has 1 aliphatic rings. The Bertz CT molecular complexity index is 529. The number of nitriles is 1. The van der Waals surface area contributed by atoms with Crippen LogP contribution in [-0.4, -0.2) is 47.9 Å². The Morgan fingerprint density at radius 1 is 1.50 bits per heavy atom. The molecule has 1 amide bonds. The maximum Gasteiger partial charge on any atom is 0.265 e. The first-order valence-corrected chi connectivity index (χ1v) is 8.00. The topological polar surface area (TPSA) is 47.3 Å². The Morgan fingerprint density at radius 3 is 2.60 bits per heavy atom. The molecule has 6 heteroatoms. The molecule has 0 aliphatic carbocycles. The summed E-state index contributed by atoms with van der Waals surface area (Å²) in [6.07, 6.45) is 0.820. The highest BCUT2D eigenvalue weighted by molar-refractivity contribution is 7.13. The van der Waals surface area contributed by atoms with Gasteiger partial charge in [-0.2, -0.15) is 5.26 Å². The molecule has 1 saturated heterocycles. The lowest BCUT2D eigenvalue weighted by Gasteiger charge is -2.36. The molecule has 1 fully saturated rings. The van der Waals surface area contributed by atoms with Crippen molar-refractivity contribution in [1.29, 1.82) is 5.26 Å². The zero-order chi connectivity index (χ0) is 14.7. The number of amides is 1. The standard InChI is InChI=1S/C14H18ClN3OS/c1-3-11(8-16)17-4-6-18(7-5-17)14(19)13-12(15)10(2)9-20-13/h9,11H,3-7H2,1-2H3. The van der Waals surface area contributed by atoms with Crippen LogP contribution in [0.25, 0.3) is 0 Å². The van der Waals surface area contributed by atoms with Crippen molar-refractivity contribution in [3.8, 4) is 6.07 Å². The highest BCUT2D eigenvalue weighted by Gasteiger charge is 2.27. The third-order valence-electron chi connectivity index (χ3n) is 3.67. The number of rotatable bonds is 3. The summed E-state index contributed by atoms with van der Waals surface area (Å²) < 4.78 is 0. The lowest BCUT2D eigenvalue weighted by atomic mass is 10.2. The number of piperazine rings is 1. The fourth-order valence-corrected chi connectivity index (χ4v) is 3.63. The van der Waals surface area contributed by atoms with Gasteiger partial charge in [0.25, 0.3) is 5.91 Å². The van der Waals surface area contributed by atoms with E-state index in [1.807, 2.05) is 24.1 Å². The van der Waals surface area contributed by atoms with Gasteiger partial charge in [0.05, 0.1) is 17.1 Å². The molecule has 1 aliphatic heterocycles. The molecule has 1 unspecified atom stereocenters. The van der Waals surface area contributed by atoms with Crippen LogP contribution < -0.4 is 0 Å². The fourth-order valence-electron chi connectivity index (χ4n) is 2.39. The van der Waals surface area contributed by atoms with Gasteiger partial charge in [0, 0.05) is 26.2 Å². The summed E-state index contributed by atoms with van der Waals surface area (Å²) in [5.74, 6) is 0.0118. The molecule has 0 radical (unpaired) electrons. The summed E-state index contributed by atoms with van der Waals surface area (Å²) in [4.78, 5) is 17.0. The summed E-state index contributed by atoms with van der Waals surface area (Å²) in [6, 6.07) is 2.27. The molecule has 0 N–H and O–H groups in total. The van der Waals surface area contributed by atoms with Gasteiger partial charge in [-0.15, -0.1) is 11.3 Å². The van der Waals surface area contributed by atoms with Crippen LogP contribution in [-0.2, 0) is 0 Å². The van der Waals surface area contributed by atoms with Crippen LogP contribution in [0.4, 0.5) is 0 Å². The number of carbonyl (C=O) groups is 1. The van der Waals surface area contributed by atoms with Crippen molar-refractivity contribution in [2.75, 3.05) is 26.2 Å². The third kappa shape index (κ3) is 2.98. The molecule has 0 spiro atoms. The number of aryl methyl sites for hydroxylation is 1. The molecule has 1 aromatic heterocycles. The van der Waals surface area contributed by atoms with Gasteiger partial charge in [0.2, 0.25) is 0 Å². The number of nitrogens with zero attached hydrogens (tertiary/aromatic N) is 3. The van der Waals surface area contributed by atoms with Crippen LogP contribution in [0.5, 0.6) is 0 Å². The molecule has 0 bridgehead atoms. The van der Waals surface area contributed by atoms with Crippen molar-refractivity contribution in [3.05, 3.63) is 20.8 Å². The SMILES string of the molecule is CCC(C#N)N1CCN(C(=O)c2scc(C)c2Cl)CC1.